The summed E-state index contributed by atoms with van der Waals surface area (Å²) in [5, 5.41) is 8.88. The second-order valence-electron chi connectivity index (χ2n) is 9.20. The standard InChI is InChI=1S/C25H36FNO/c1-25(2,3)16-9-7-5-4-6-8-10-17-28-24-13-11-12-22(24)20-14-15-21(19-27)23(26)18-20/h14-15,18H,4-13,16-17H2,1-3H3. The van der Waals surface area contributed by atoms with Crippen molar-refractivity contribution in [3.63, 3.8) is 0 Å². The highest BCUT2D eigenvalue weighted by molar-refractivity contribution is 5.69. The molecule has 0 aromatic heterocycles. The van der Waals surface area contributed by atoms with Crippen LogP contribution in [0.5, 0.6) is 0 Å². The van der Waals surface area contributed by atoms with Crippen molar-refractivity contribution in [2.45, 2.75) is 91.4 Å². The SMILES string of the molecule is CC(C)(C)CCCCCCCCCOC1=C(c2ccc(C#N)c(F)c2)CCC1. The van der Waals surface area contributed by atoms with Gasteiger partial charge in [-0.3, -0.25) is 0 Å². The number of nitriles is 1. The molecule has 1 aliphatic carbocycles. The third kappa shape index (κ3) is 7.66. The van der Waals surface area contributed by atoms with Gasteiger partial charge in [-0.05, 0) is 54.4 Å². The number of rotatable bonds is 11. The molecule has 0 N–H and O–H groups in total. The van der Waals surface area contributed by atoms with Crippen molar-refractivity contribution < 1.29 is 9.13 Å². The second-order valence-corrected chi connectivity index (χ2v) is 9.20. The van der Waals surface area contributed by atoms with Gasteiger partial charge >= 0.3 is 0 Å². The van der Waals surface area contributed by atoms with Gasteiger partial charge in [0.15, 0.2) is 0 Å². The predicted molar refractivity (Wildman–Crippen MR) is 114 cm³/mol. The van der Waals surface area contributed by atoms with Crippen molar-refractivity contribution in [3.8, 4) is 6.07 Å². The predicted octanol–water partition coefficient (Wildman–Crippen LogP) is 7.78. The minimum absolute atomic E-state index is 0.100. The van der Waals surface area contributed by atoms with Gasteiger partial charge in [0.05, 0.1) is 17.9 Å². The molecule has 0 fully saturated rings. The van der Waals surface area contributed by atoms with Crippen LogP contribution in [-0.4, -0.2) is 6.61 Å². The van der Waals surface area contributed by atoms with Crippen molar-refractivity contribution in [1.82, 2.24) is 0 Å². The van der Waals surface area contributed by atoms with Gasteiger partial charge < -0.3 is 4.74 Å². The van der Waals surface area contributed by atoms with Gasteiger partial charge in [-0.25, -0.2) is 4.39 Å². The molecule has 0 saturated carbocycles. The lowest BCUT2D eigenvalue weighted by molar-refractivity contribution is 0.200. The highest BCUT2D eigenvalue weighted by Gasteiger charge is 2.18. The molecule has 1 aromatic rings. The van der Waals surface area contributed by atoms with E-state index in [4.69, 9.17) is 10.00 Å². The van der Waals surface area contributed by atoms with Crippen molar-refractivity contribution >= 4 is 5.57 Å². The summed E-state index contributed by atoms with van der Waals surface area (Å²) >= 11 is 0. The summed E-state index contributed by atoms with van der Waals surface area (Å²) < 4.78 is 19.9. The molecule has 0 radical (unpaired) electrons. The van der Waals surface area contributed by atoms with E-state index in [0.717, 1.165) is 49.2 Å². The van der Waals surface area contributed by atoms with Crippen LogP contribution in [0.1, 0.15) is 103 Å². The zero-order valence-electron chi connectivity index (χ0n) is 18.0. The Morgan fingerprint density at radius 1 is 1.00 bits per heavy atom. The quantitative estimate of drug-likeness (QED) is 0.364. The van der Waals surface area contributed by atoms with Crippen LogP contribution < -0.4 is 0 Å². The molecule has 3 heteroatoms. The van der Waals surface area contributed by atoms with E-state index >= 15 is 0 Å². The number of hydrogen-bond donors (Lipinski definition) is 0. The molecule has 0 aliphatic heterocycles. The fourth-order valence-electron chi connectivity index (χ4n) is 3.81. The minimum atomic E-state index is -0.443. The number of unbranched alkanes of at least 4 members (excludes halogenated alkanes) is 6. The number of halogens is 1. The van der Waals surface area contributed by atoms with Crippen LogP contribution in [0.25, 0.3) is 5.57 Å². The third-order valence-electron chi connectivity index (χ3n) is 5.45. The lowest BCUT2D eigenvalue weighted by atomic mass is 9.89. The minimum Gasteiger partial charge on any atom is -0.498 e. The lowest BCUT2D eigenvalue weighted by Gasteiger charge is -2.17. The zero-order chi connectivity index (χ0) is 20.4. The summed E-state index contributed by atoms with van der Waals surface area (Å²) in [5.41, 5.74) is 2.54. The van der Waals surface area contributed by atoms with Crippen molar-refractivity contribution in [3.05, 3.63) is 40.9 Å². The van der Waals surface area contributed by atoms with E-state index in [1.165, 1.54) is 51.0 Å². The monoisotopic (exact) mass is 385 g/mol. The first kappa shape index (κ1) is 22.5. The van der Waals surface area contributed by atoms with Gasteiger partial charge in [0, 0.05) is 6.42 Å². The zero-order valence-corrected chi connectivity index (χ0v) is 18.0. The van der Waals surface area contributed by atoms with Gasteiger partial charge in [0.25, 0.3) is 0 Å². The molecule has 1 aliphatic rings. The van der Waals surface area contributed by atoms with Crippen LogP contribution in [0, 0.1) is 22.6 Å². The van der Waals surface area contributed by atoms with E-state index in [1.807, 2.05) is 12.1 Å². The molecule has 28 heavy (non-hydrogen) atoms. The number of allylic oxidation sites excluding steroid dienone is 2. The van der Waals surface area contributed by atoms with Crippen molar-refractivity contribution in [2.75, 3.05) is 6.61 Å². The topological polar surface area (TPSA) is 33.0 Å². The van der Waals surface area contributed by atoms with Gasteiger partial charge in [0.2, 0.25) is 0 Å². The van der Waals surface area contributed by atoms with Crippen LogP contribution in [0.3, 0.4) is 0 Å². The Hall–Kier alpha value is -1.82. The lowest BCUT2D eigenvalue weighted by Crippen LogP contribution is -2.03. The van der Waals surface area contributed by atoms with Gasteiger partial charge in [-0.15, -0.1) is 0 Å². The van der Waals surface area contributed by atoms with Crippen LogP contribution in [0.15, 0.2) is 24.0 Å². The van der Waals surface area contributed by atoms with Gasteiger partial charge in [-0.2, -0.15) is 5.26 Å². The normalized spacial score (nSPS) is 14.4. The average Bonchev–Trinajstić information content (AvgIpc) is 3.10. The fraction of sp³-hybridized carbons (Fsp3) is 0.640. The van der Waals surface area contributed by atoms with E-state index in [2.05, 4.69) is 20.8 Å². The Bertz CT molecular complexity index is 693. The second kappa shape index (κ2) is 11.2. The molecule has 0 saturated heterocycles. The van der Waals surface area contributed by atoms with E-state index in [9.17, 15) is 4.39 Å². The average molecular weight is 386 g/mol. The molecule has 0 amide bonds. The molecule has 1 aromatic carbocycles. The van der Waals surface area contributed by atoms with Crippen LogP contribution in [0.2, 0.25) is 0 Å². The molecular formula is C25H36FNO. The van der Waals surface area contributed by atoms with Gasteiger partial charge in [-0.1, -0.05) is 65.4 Å². The first-order chi connectivity index (χ1) is 13.4. The van der Waals surface area contributed by atoms with Gasteiger partial charge in [0.1, 0.15) is 11.9 Å². The van der Waals surface area contributed by atoms with E-state index in [0.29, 0.717) is 5.41 Å². The molecule has 2 rings (SSSR count). The highest BCUT2D eigenvalue weighted by atomic mass is 19.1. The Morgan fingerprint density at radius 2 is 1.68 bits per heavy atom. The molecule has 0 atom stereocenters. The van der Waals surface area contributed by atoms with Crippen LogP contribution >= 0.6 is 0 Å². The highest BCUT2D eigenvalue weighted by Crippen LogP contribution is 2.35. The smallest absolute Gasteiger partial charge is 0.141 e. The summed E-state index contributed by atoms with van der Waals surface area (Å²) in [6.07, 6.45) is 13.2. The number of benzene rings is 1. The molecule has 0 heterocycles. The number of nitrogens with zero attached hydrogens (tertiary/aromatic N) is 1. The van der Waals surface area contributed by atoms with E-state index < -0.39 is 5.82 Å². The van der Waals surface area contributed by atoms with Crippen molar-refractivity contribution in [2.24, 2.45) is 5.41 Å². The molecule has 0 spiro atoms. The molecule has 2 nitrogen and oxygen atoms in total. The summed E-state index contributed by atoms with van der Waals surface area (Å²) in [6, 6.07) is 6.76. The van der Waals surface area contributed by atoms with E-state index in [1.54, 1.807) is 6.07 Å². The Balaban J connectivity index is 1.65. The van der Waals surface area contributed by atoms with E-state index in [-0.39, 0.29) is 5.56 Å². The Morgan fingerprint density at radius 3 is 2.32 bits per heavy atom. The summed E-state index contributed by atoms with van der Waals surface area (Å²) in [5.74, 6) is 0.576. The Kier molecular flexibility index (Phi) is 9.03. The van der Waals surface area contributed by atoms with Crippen molar-refractivity contribution in [1.29, 1.82) is 5.26 Å². The largest absolute Gasteiger partial charge is 0.498 e. The molecular weight excluding hydrogens is 349 g/mol. The summed E-state index contributed by atoms with van der Waals surface area (Å²) in [4.78, 5) is 0. The van der Waals surface area contributed by atoms with Crippen LogP contribution in [-0.2, 0) is 4.74 Å². The van der Waals surface area contributed by atoms with Crippen LogP contribution in [0.4, 0.5) is 4.39 Å². The Labute approximate surface area is 170 Å². The fourth-order valence-corrected chi connectivity index (χ4v) is 3.81. The maximum Gasteiger partial charge on any atom is 0.141 e. The maximum absolute atomic E-state index is 13.9. The number of hydrogen-bond acceptors (Lipinski definition) is 2. The first-order valence-electron chi connectivity index (χ1n) is 11.0. The molecule has 0 unspecified atom stereocenters. The third-order valence-corrected chi connectivity index (χ3v) is 5.45. The summed E-state index contributed by atoms with van der Waals surface area (Å²) in [6.45, 7) is 7.70. The molecule has 0 bridgehead atoms. The first-order valence-corrected chi connectivity index (χ1v) is 11.0. The maximum atomic E-state index is 13.9. The number of ether oxygens (including phenoxy) is 1. The summed E-state index contributed by atoms with van der Waals surface area (Å²) in [7, 11) is 0. The molecule has 154 valence electrons.